The number of hydrogen-bond acceptors (Lipinski definition) is 6. The fourth-order valence-electron chi connectivity index (χ4n) is 5.30. The second-order valence-electron chi connectivity index (χ2n) is 9.92. The summed E-state index contributed by atoms with van der Waals surface area (Å²) in [7, 11) is 1.35. The average molecular weight is 646 g/mol. The second-order valence-corrected chi connectivity index (χ2v) is 12.8. The highest BCUT2D eigenvalue weighted by atomic mass is 35.5. The van der Waals surface area contributed by atoms with E-state index < -0.39 is 12.0 Å². The Morgan fingerprint density at radius 3 is 2.49 bits per heavy atom. The molecule has 0 spiro atoms. The van der Waals surface area contributed by atoms with E-state index in [4.69, 9.17) is 32.9 Å². The van der Waals surface area contributed by atoms with Crippen LogP contribution < -0.4 is 14.9 Å². The van der Waals surface area contributed by atoms with E-state index in [2.05, 4.69) is 18.2 Å². The third kappa shape index (κ3) is 5.70. The van der Waals surface area contributed by atoms with Gasteiger partial charge in [0.15, 0.2) is 4.80 Å². The molecule has 1 atom stereocenters. The molecule has 43 heavy (non-hydrogen) atoms. The number of rotatable bonds is 7. The number of methoxy groups -OCH3 is 1. The van der Waals surface area contributed by atoms with Crippen molar-refractivity contribution >= 4 is 69.1 Å². The van der Waals surface area contributed by atoms with Crippen molar-refractivity contribution in [3.8, 4) is 0 Å². The van der Waals surface area contributed by atoms with Crippen molar-refractivity contribution < 1.29 is 9.53 Å². The highest BCUT2D eigenvalue weighted by Crippen LogP contribution is 2.35. The topological polar surface area (TPSA) is 60.7 Å². The molecular formula is C34H26Cl2N2O3S2. The molecule has 5 nitrogen and oxygen atoms in total. The van der Waals surface area contributed by atoms with Crippen molar-refractivity contribution in [2.24, 2.45) is 4.99 Å². The molecule has 0 N–H and O–H groups in total. The first-order valence-electron chi connectivity index (χ1n) is 13.7. The molecular weight excluding hydrogens is 619 g/mol. The van der Waals surface area contributed by atoms with Gasteiger partial charge in [0.05, 0.1) is 29.0 Å². The SMILES string of the molecule is CCC1=C(C(=O)OC)[C@@H](c2ccccc2)n2c(s/c(=C\c3ccc(SCc4ccc(Cl)cc4Cl)c4ccccc34)c2=O)=N1. The molecule has 0 unspecified atom stereocenters. The van der Waals surface area contributed by atoms with Crippen LogP contribution in [-0.4, -0.2) is 17.6 Å². The maximum atomic E-state index is 14.1. The third-order valence-corrected chi connectivity index (χ3v) is 10.1. The van der Waals surface area contributed by atoms with Gasteiger partial charge in [-0.1, -0.05) is 108 Å². The number of fused-ring (bicyclic) bond motifs is 2. The van der Waals surface area contributed by atoms with Gasteiger partial charge in [-0.15, -0.1) is 11.8 Å². The van der Waals surface area contributed by atoms with Crippen LogP contribution in [0.3, 0.4) is 0 Å². The lowest BCUT2D eigenvalue weighted by Gasteiger charge is -2.25. The van der Waals surface area contributed by atoms with E-state index in [1.807, 2.05) is 73.7 Å². The van der Waals surface area contributed by atoms with Crippen molar-refractivity contribution in [1.29, 1.82) is 0 Å². The Morgan fingerprint density at radius 2 is 1.77 bits per heavy atom. The van der Waals surface area contributed by atoms with Gasteiger partial charge >= 0.3 is 5.97 Å². The molecule has 9 heteroatoms. The predicted molar refractivity (Wildman–Crippen MR) is 177 cm³/mol. The van der Waals surface area contributed by atoms with Crippen LogP contribution in [0.4, 0.5) is 0 Å². The van der Waals surface area contributed by atoms with Gasteiger partial charge in [0.2, 0.25) is 0 Å². The Bertz CT molecular complexity index is 2080. The van der Waals surface area contributed by atoms with Crippen molar-refractivity contribution in [2.75, 3.05) is 7.11 Å². The minimum Gasteiger partial charge on any atom is -0.466 e. The molecule has 1 aliphatic heterocycles. The maximum absolute atomic E-state index is 14.1. The van der Waals surface area contributed by atoms with Gasteiger partial charge in [0.25, 0.3) is 5.56 Å². The number of carbonyl (C=O) groups excluding carboxylic acids is 1. The molecule has 6 rings (SSSR count). The third-order valence-electron chi connectivity index (χ3n) is 7.37. The molecule has 0 aliphatic carbocycles. The molecule has 0 saturated carbocycles. The Hall–Kier alpha value is -3.62. The van der Waals surface area contributed by atoms with E-state index >= 15 is 0 Å². The van der Waals surface area contributed by atoms with E-state index in [1.165, 1.54) is 18.4 Å². The molecule has 0 radical (unpaired) electrons. The highest BCUT2D eigenvalue weighted by molar-refractivity contribution is 7.98. The molecule has 216 valence electrons. The first-order valence-corrected chi connectivity index (χ1v) is 16.2. The first-order chi connectivity index (χ1) is 20.9. The maximum Gasteiger partial charge on any atom is 0.338 e. The van der Waals surface area contributed by atoms with Gasteiger partial charge < -0.3 is 4.74 Å². The second kappa shape index (κ2) is 12.5. The van der Waals surface area contributed by atoms with Crippen molar-refractivity contribution in [2.45, 2.75) is 30.0 Å². The predicted octanol–water partition coefficient (Wildman–Crippen LogP) is 7.55. The number of ether oxygens (including phenoxy) is 1. The lowest BCUT2D eigenvalue weighted by atomic mass is 9.95. The number of aromatic nitrogens is 1. The van der Waals surface area contributed by atoms with Crippen molar-refractivity contribution in [3.63, 3.8) is 0 Å². The van der Waals surface area contributed by atoms with Crippen LogP contribution in [-0.2, 0) is 15.3 Å². The Labute approximate surface area is 266 Å². The number of thioether (sulfide) groups is 1. The molecule has 0 saturated heterocycles. The number of nitrogens with zero attached hydrogens (tertiary/aromatic N) is 2. The van der Waals surface area contributed by atoms with Crippen molar-refractivity contribution in [1.82, 2.24) is 4.57 Å². The fourth-order valence-corrected chi connectivity index (χ4v) is 7.92. The number of thiazole rings is 1. The largest absolute Gasteiger partial charge is 0.466 e. The van der Waals surface area contributed by atoms with E-state index in [0.29, 0.717) is 42.8 Å². The average Bonchev–Trinajstić information content (AvgIpc) is 3.34. The molecule has 0 bridgehead atoms. The molecule has 0 fully saturated rings. The lowest BCUT2D eigenvalue weighted by Crippen LogP contribution is -2.40. The number of esters is 1. The van der Waals surface area contributed by atoms with Crippen LogP contribution in [0.15, 0.2) is 111 Å². The summed E-state index contributed by atoms with van der Waals surface area (Å²) in [5.74, 6) is 0.211. The van der Waals surface area contributed by atoms with E-state index in [-0.39, 0.29) is 5.56 Å². The van der Waals surface area contributed by atoms with Gasteiger partial charge in [-0.2, -0.15) is 0 Å². The van der Waals surface area contributed by atoms with Crippen molar-refractivity contribution in [3.05, 3.63) is 143 Å². The van der Waals surface area contributed by atoms with E-state index in [9.17, 15) is 9.59 Å². The highest BCUT2D eigenvalue weighted by Gasteiger charge is 2.33. The van der Waals surface area contributed by atoms with Crippen LogP contribution in [0, 0.1) is 0 Å². The van der Waals surface area contributed by atoms with E-state index in [1.54, 1.807) is 22.4 Å². The van der Waals surface area contributed by atoms with E-state index in [0.717, 1.165) is 32.4 Å². The minimum absolute atomic E-state index is 0.200. The number of allylic oxidation sites excluding steroid dienone is 1. The molecule has 0 amide bonds. The summed E-state index contributed by atoms with van der Waals surface area (Å²) < 4.78 is 7.32. The zero-order chi connectivity index (χ0) is 30.1. The number of carbonyl (C=O) groups is 1. The van der Waals surface area contributed by atoms with Crippen LogP contribution in [0.2, 0.25) is 10.0 Å². The van der Waals surface area contributed by atoms with Gasteiger partial charge in [-0.05, 0) is 58.2 Å². The summed E-state index contributed by atoms with van der Waals surface area (Å²) in [6, 6.07) is 26.8. The number of benzene rings is 4. The smallest absolute Gasteiger partial charge is 0.338 e. The fraction of sp³-hybridized carbons (Fsp3) is 0.147. The quantitative estimate of drug-likeness (QED) is 0.136. The normalized spacial score (nSPS) is 15.0. The summed E-state index contributed by atoms with van der Waals surface area (Å²) >= 11 is 15.5. The Balaban J connectivity index is 1.46. The molecule has 5 aromatic rings. The summed E-state index contributed by atoms with van der Waals surface area (Å²) in [6.45, 7) is 1.95. The molecule has 1 aromatic heterocycles. The van der Waals surface area contributed by atoms with Crippen LogP contribution >= 0.6 is 46.3 Å². The zero-order valence-corrected chi connectivity index (χ0v) is 26.5. The molecule has 2 heterocycles. The summed E-state index contributed by atoms with van der Waals surface area (Å²) in [5, 5.41) is 3.38. The van der Waals surface area contributed by atoms with Gasteiger partial charge in [-0.3, -0.25) is 9.36 Å². The summed E-state index contributed by atoms with van der Waals surface area (Å²) in [5.41, 5.74) is 3.58. The Morgan fingerprint density at radius 1 is 1.02 bits per heavy atom. The number of hydrogen-bond donors (Lipinski definition) is 0. The molecule has 1 aliphatic rings. The molecule has 4 aromatic carbocycles. The minimum atomic E-state index is -0.628. The summed E-state index contributed by atoms with van der Waals surface area (Å²) in [6.07, 6.45) is 2.45. The lowest BCUT2D eigenvalue weighted by molar-refractivity contribution is -0.136. The van der Waals surface area contributed by atoms with Gasteiger partial charge in [0.1, 0.15) is 0 Å². The van der Waals surface area contributed by atoms with Crippen LogP contribution in [0.5, 0.6) is 0 Å². The summed E-state index contributed by atoms with van der Waals surface area (Å²) in [4.78, 5) is 33.5. The Kier molecular flexibility index (Phi) is 8.59. The van der Waals surface area contributed by atoms with Gasteiger partial charge in [0, 0.05) is 20.7 Å². The number of halogens is 2. The monoisotopic (exact) mass is 644 g/mol. The van der Waals surface area contributed by atoms with Crippen LogP contribution in [0.1, 0.15) is 36.1 Å². The first kappa shape index (κ1) is 29.5. The standard InChI is InChI=1S/C34H26Cl2N2O3S2/c1-3-27-30(33(40)41-2)31(20-9-5-4-6-10-20)38-32(39)29(43-34(38)37-27)17-21-14-16-28(25-12-8-7-11-24(21)25)42-19-22-13-15-23(35)18-26(22)36/h4-18,31H,3,19H2,1-2H3/b29-17-/t31-/m1/s1. The van der Waals surface area contributed by atoms with Crippen LogP contribution in [0.25, 0.3) is 16.8 Å². The van der Waals surface area contributed by atoms with Gasteiger partial charge in [-0.25, -0.2) is 9.79 Å². The zero-order valence-electron chi connectivity index (χ0n) is 23.3.